The zero-order valence-electron chi connectivity index (χ0n) is 18.0. The van der Waals surface area contributed by atoms with Crippen LogP contribution in [0.3, 0.4) is 0 Å². The minimum atomic E-state index is -3.02. The van der Waals surface area contributed by atoms with Gasteiger partial charge in [0.1, 0.15) is 22.8 Å². The quantitative estimate of drug-likeness (QED) is 0.257. The Balaban J connectivity index is 2.11. The number of hydrogen-bond acceptors (Lipinski definition) is 10. The number of likely N-dealkylation sites (N-methyl/N-ethyl adjacent to an activating group) is 1. The molecule has 6 atom stereocenters. The summed E-state index contributed by atoms with van der Waals surface area (Å²) in [6.45, 7) is 1.25. The number of nitrogens with two attached hydrogens (primary N) is 1. The van der Waals surface area contributed by atoms with Gasteiger partial charge in [-0.1, -0.05) is 12.1 Å². The number of hydrogen-bond donors (Lipinski definition) is 7. The number of phenols is 1. The lowest BCUT2D eigenvalue weighted by molar-refractivity contribution is -0.181. The van der Waals surface area contributed by atoms with Crippen molar-refractivity contribution in [3.8, 4) is 5.75 Å². The average molecular weight is 460 g/mol. The van der Waals surface area contributed by atoms with Gasteiger partial charge in [-0.05, 0) is 32.6 Å². The molecule has 3 aliphatic carbocycles. The third-order valence-electron chi connectivity index (χ3n) is 7.03. The second kappa shape index (κ2) is 6.87. The number of primary amides is 1. The third-order valence-corrected chi connectivity index (χ3v) is 7.03. The number of carbonyl (C=O) groups excluding carboxylic acids is 3. The van der Waals surface area contributed by atoms with Gasteiger partial charge in [-0.3, -0.25) is 19.3 Å². The maximum Gasteiger partial charge on any atom is 0.255 e. The van der Waals surface area contributed by atoms with Crippen LogP contribution in [0.1, 0.15) is 18.1 Å². The molecule has 11 heteroatoms. The molecule has 1 fully saturated rings. The van der Waals surface area contributed by atoms with E-state index >= 15 is 0 Å². The van der Waals surface area contributed by atoms with Gasteiger partial charge in [0.25, 0.3) is 5.91 Å². The number of fused-ring (bicyclic) bond motifs is 3. The van der Waals surface area contributed by atoms with E-state index in [9.17, 15) is 45.0 Å². The van der Waals surface area contributed by atoms with E-state index in [0.717, 1.165) is 0 Å². The lowest BCUT2D eigenvalue weighted by Crippen LogP contribution is -2.71. The average Bonchev–Trinajstić information content (AvgIpc) is 2.70. The highest BCUT2D eigenvalue weighted by atomic mass is 16.4. The molecule has 176 valence electrons. The summed E-state index contributed by atoms with van der Waals surface area (Å²) in [7, 11) is 2.80. The number of carbonyl (C=O) groups is 3. The second-order valence-corrected chi connectivity index (χ2v) is 9.06. The van der Waals surface area contributed by atoms with E-state index in [1.54, 1.807) is 0 Å². The normalized spacial score (nSPS) is 36.0. The summed E-state index contributed by atoms with van der Waals surface area (Å²) in [5.41, 5.74) is -1.78. The zero-order valence-corrected chi connectivity index (χ0v) is 18.0. The fourth-order valence-electron chi connectivity index (χ4n) is 5.60. The van der Waals surface area contributed by atoms with Crippen molar-refractivity contribution in [3.63, 3.8) is 0 Å². The van der Waals surface area contributed by atoms with Crippen LogP contribution in [0.25, 0.3) is 5.76 Å². The molecule has 0 unspecified atom stereocenters. The molecule has 0 bridgehead atoms. The van der Waals surface area contributed by atoms with Crippen molar-refractivity contribution in [2.45, 2.75) is 30.3 Å². The maximum absolute atomic E-state index is 13.7. The molecule has 3 aliphatic rings. The number of rotatable bonds is 2. The Morgan fingerprint density at radius 2 is 1.73 bits per heavy atom. The summed E-state index contributed by atoms with van der Waals surface area (Å²) in [6.07, 6.45) is -1.87. The molecule has 0 heterocycles. The van der Waals surface area contributed by atoms with Gasteiger partial charge in [0.15, 0.2) is 11.4 Å². The van der Waals surface area contributed by atoms with E-state index < -0.39 is 81.1 Å². The fraction of sp³-hybridized carbons (Fsp3) is 0.409. The van der Waals surface area contributed by atoms with Crippen LogP contribution < -0.4 is 5.73 Å². The molecule has 0 radical (unpaired) electrons. The summed E-state index contributed by atoms with van der Waals surface area (Å²) in [4.78, 5) is 39.9. The van der Waals surface area contributed by atoms with E-state index in [1.165, 1.54) is 44.1 Å². The number of aliphatic hydroxyl groups is 5. The first-order chi connectivity index (χ1) is 15.2. The molecule has 0 aliphatic heterocycles. The monoisotopic (exact) mass is 460 g/mol. The first-order valence-electron chi connectivity index (χ1n) is 10.1. The van der Waals surface area contributed by atoms with Gasteiger partial charge < -0.3 is 36.4 Å². The van der Waals surface area contributed by atoms with Crippen LogP contribution >= 0.6 is 0 Å². The fourth-order valence-corrected chi connectivity index (χ4v) is 5.60. The van der Waals surface area contributed by atoms with Crippen LogP contribution in [0, 0.1) is 11.8 Å². The third kappa shape index (κ3) is 2.61. The van der Waals surface area contributed by atoms with Gasteiger partial charge in [-0.25, -0.2) is 0 Å². The van der Waals surface area contributed by atoms with Crippen molar-refractivity contribution in [1.29, 1.82) is 0 Å². The zero-order chi connectivity index (χ0) is 24.8. The Morgan fingerprint density at radius 3 is 2.27 bits per heavy atom. The van der Waals surface area contributed by atoms with Crippen LogP contribution in [-0.4, -0.2) is 84.9 Å². The molecule has 33 heavy (non-hydrogen) atoms. The number of ketones is 2. The van der Waals surface area contributed by atoms with Crippen molar-refractivity contribution >= 4 is 23.2 Å². The van der Waals surface area contributed by atoms with E-state index in [-0.39, 0.29) is 11.1 Å². The van der Waals surface area contributed by atoms with E-state index in [2.05, 4.69) is 0 Å². The molecule has 1 amide bonds. The molecule has 8 N–H and O–H groups in total. The lowest BCUT2D eigenvalue weighted by Gasteiger charge is -2.55. The molecule has 1 aromatic rings. The summed E-state index contributed by atoms with van der Waals surface area (Å²) in [5.74, 6) is -9.67. The Morgan fingerprint density at radius 1 is 1.12 bits per heavy atom. The smallest absolute Gasteiger partial charge is 0.255 e. The van der Waals surface area contributed by atoms with Crippen molar-refractivity contribution in [3.05, 3.63) is 46.2 Å². The number of aromatic hydroxyl groups is 1. The molecule has 1 aromatic carbocycles. The predicted octanol–water partition coefficient (Wildman–Crippen LogP) is -1.40. The van der Waals surface area contributed by atoms with Crippen LogP contribution in [0.4, 0.5) is 0 Å². The van der Waals surface area contributed by atoms with Crippen LogP contribution in [0.5, 0.6) is 5.75 Å². The van der Waals surface area contributed by atoms with Gasteiger partial charge >= 0.3 is 0 Å². The molecule has 4 rings (SSSR count). The van der Waals surface area contributed by atoms with E-state index in [0.29, 0.717) is 0 Å². The van der Waals surface area contributed by atoms with Crippen molar-refractivity contribution in [1.82, 2.24) is 4.90 Å². The van der Waals surface area contributed by atoms with Crippen molar-refractivity contribution in [2.75, 3.05) is 14.1 Å². The minimum absolute atomic E-state index is 0.00664. The van der Waals surface area contributed by atoms with Gasteiger partial charge in [0.05, 0.1) is 40.7 Å². The SMILES string of the molecule is CN(C)[C@H]1C(=O)C(C(N)=O)=C(O)[C@@]2(O)C(=O)C3=C(O)c4c(O)cccc4[C@@](C)(O)[C@H]3[C@H](O)[C@H]12. The summed E-state index contributed by atoms with van der Waals surface area (Å²) < 4.78 is 0. The lowest BCUT2D eigenvalue weighted by atomic mass is 9.53. The largest absolute Gasteiger partial charge is 0.508 e. The Labute approximate surface area is 187 Å². The second-order valence-electron chi connectivity index (χ2n) is 9.06. The molecule has 11 nitrogen and oxygen atoms in total. The van der Waals surface area contributed by atoms with Crippen molar-refractivity contribution < 1.29 is 45.0 Å². The topological polar surface area (TPSA) is 202 Å². The number of benzene rings is 1. The summed E-state index contributed by atoms with van der Waals surface area (Å²) in [6, 6.07) is 2.50. The van der Waals surface area contributed by atoms with E-state index in [1.807, 2.05) is 0 Å². The first kappa shape index (κ1) is 22.9. The molecular formula is C22H24N2O9. The Bertz CT molecular complexity index is 1180. The standard InChI is InChI=1S/C22H24N2O9/c1-21(32)7-5-4-6-8(25)9(7)15(26)10-12(21)17(28)13-14(24(2)3)16(27)11(20(23)31)19(30)22(13,33)18(10)29/h4-6,12-14,17,25-26,28,30,32-33H,1-3H3,(H2,23,31)/t12-,13+,14-,17+,21-,22+/m1/s1. The van der Waals surface area contributed by atoms with E-state index in [4.69, 9.17) is 5.73 Å². The predicted molar refractivity (Wildman–Crippen MR) is 112 cm³/mol. The highest BCUT2D eigenvalue weighted by Gasteiger charge is 2.70. The Hall–Kier alpha value is -3.25. The van der Waals surface area contributed by atoms with Gasteiger partial charge in [0.2, 0.25) is 5.78 Å². The summed E-state index contributed by atoms with van der Waals surface area (Å²) >= 11 is 0. The van der Waals surface area contributed by atoms with Crippen LogP contribution in [-0.2, 0) is 20.0 Å². The summed E-state index contributed by atoms with van der Waals surface area (Å²) in [5, 5.41) is 66.3. The number of phenolic OH excluding ortho intramolecular Hbond substituents is 1. The van der Waals surface area contributed by atoms with Crippen molar-refractivity contribution in [2.24, 2.45) is 17.6 Å². The van der Waals surface area contributed by atoms with Crippen LogP contribution in [0.2, 0.25) is 0 Å². The Kier molecular flexibility index (Phi) is 4.78. The molecular weight excluding hydrogens is 436 g/mol. The van der Waals surface area contributed by atoms with Gasteiger partial charge in [-0.2, -0.15) is 0 Å². The molecule has 0 spiro atoms. The number of aliphatic hydroxyl groups excluding tert-OH is 3. The molecule has 0 saturated heterocycles. The highest BCUT2D eigenvalue weighted by Crippen LogP contribution is 2.57. The molecule has 1 saturated carbocycles. The van der Waals surface area contributed by atoms with Crippen LogP contribution in [0.15, 0.2) is 35.1 Å². The maximum atomic E-state index is 13.7. The van der Waals surface area contributed by atoms with Gasteiger partial charge in [0, 0.05) is 0 Å². The molecule has 0 aromatic heterocycles. The highest BCUT2D eigenvalue weighted by molar-refractivity contribution is 6.24. The first-order valence-corrected chi connectivity index (χ1v) is 10.1. The number of Topliss-reactive ketones (excluding diaryl/α,β-unsaturated/α-hetero) is 2. The van der Waals surface area contributed by atoms with Gasteiger partial charge in [-0.15, -0.1) is 0 Å². The minimum Gasteiger partial charge on any atom is -0.508 e. The number of amides is 1. The number of nitrogens with zero attached hydrogens (tertiary/aromatic N) is 1.